The summed E-state index contributed by atoms with van der Waals surface area (Å²) in [5.74, 6) is -0.971. The molecule has 1 atom stereocenters. The van der Waals surface area contributed by atoms with Crippen LogP contribution in [0.4, 0.5) is 0 Å². The molecular weight excluding hydrogens is 949 g/mol. The monoisotopic (exact) mass is 1070 g/mol. The van der Waals surface area contributed by atoms with Gasteiger partial charge < -0.3 is 14.2 Å². The number of ether oxygens (including phenoxy) is 3. The molecule has 0 aromatic heterocycles. The van der Waals surface area contributed by atoms with E-state index >= 15 is 0 Å². The van der Waals surface area contributed by atoms with Gasteiger partial charge in [-0.2, -0.15) is 0 Å². The molecule has 1 unspecified atom stereocenters. The Hall–Kier alpha value is -4.19. The standard InChI is InChI=1S/C71H118O6/c1-4-7-10-13-16-19-22-25-28-31-33-34-35-36-38-40-43-46-49-52-55-58-61-64-70(73)76-67-68(66-75-69(72)63-60-57-54-51-48-45-42-39-30-27-24-21-18-15-12-9-6-3)77-71(74)65-62-59-56-53-50-47-44-41-37-32-29-26-23-20-17-14-11-8-5-2/h9,12,17-18,20-22,25-27,29-31,33,35-36,42,45,51,54,68H,4-8,10-11,13-16,19,23-24,28,32,34,37-41,43-44,46-50,52-53,55-67H2,1-3H3/b12-9-,20-17-,21-18-,25-22-,29-26-,30-27-,33-31-,36-35-,45-42-,54-51-. The zero-order valence-corrected chi connectivity index (χ0v) is 50.2. The van der Waals surface area contributed by atoms with Gasteiger partial charge in [0.1, 0.15) is 13.2 Å². The molecule has 0 saturated carbocycles. The van der Waals surface area contributed by atoms with E-state index in [0.717, 1.165) is 103 Å². The lowest BCUT2D eigenvalue weighted by Crippen LogP contribution is -2.30. The van der Waals surface area contributed by atoms with Crippen molar-refractivity contribution in [3.8, 4) is 0 Å². The number of rotatable bonds is 57. The van der Waals surface area contributed by atoms with E-state index in [4.69, 9.17) is 14.2 Å². The second kappa shape index (κ2) is 64.3. The number of carbonyl (C=O) groups excluding carboxylic acids is 3. The third-order valence-corrected chi connectivity index (χ3v) is 13.4. The molecule has 0 heterocycles. The molecule has 0 rings (SSSR count). The summed E-state index contributed by atoms with van der Waals surface area (Å²) in [5.41, 5.74) is 0. The van der Waals surface area contributed by atoms with Crippen molar-refractivity contribution in [1.82, 2.24) is 0 Å². The zero-order chi connectivity index (χ0) is 55.7. The van der Waals surface area contributed by atoms with E-state index < -0.39 is 6.10 Å². The van der Waals surface area contributed by atoms with Crippen molar-refractivity contribution in [3.63, 3.8) is 0 Å². The lowest BCUT2D eigenvalue weighted by Gasteiger charge is -2.18. The van der Waals surface area contributed by atoms with Crippen molar-refractivity contribution in [1.29, 1.82) is 0 Å². The summed E-state index contributed by atoms with van der Waals surface area (Å²) >= 11 is 0. The van der Waals surface area contributed by atoms with Crippen LogP contribution >= 0.6 is 0 Å². The highest BCUT2D eigenvalue weighted by molar-refractivity contribution is 5.71. The van der Waals surface area contributed by atoms with E-state index in [9.17, 15) is 14.4 Å². The lowest BCUT2D eigenvalue weighted by molar-refractivity contribution is -0.167. The average molecular weight is 1070 g/mol. The van der Waals surface area contributed by atoms with Crippen LogP contribution < -0.4 is 0 Å². The van der Waals surface area contributed by atoms with E-state index in [0.29, 0.717) is 19.3 Å². The van der Waals surface area contributed by atoms with Crippen LogP contribution in [0, 0.1) is 0 Å². The van der Waals surface area contributed by atoms with Crippen molar-refractivity contribution in [2.24, 2.45) is 0 Å². The molecular formula is C71H118O6. The molecule has 0 saturated heterocycles. The summed E-state index contributed by atoms with van der Waals surface area (Å²) in [6, 6.07) is 0. The molecule has 6 heteroatoms. The lowest BCUT2D eigenvalue weighted by atomic mass is 10.1. The smallest absolute Gasteiger partial charge is 0.306 e. The fourth-order valence-electron chi connectivity index (χ4n) is 8.63. The number of esters is 3. The Morgan fingerprint density at radius 1 is 0.273 bits per heavy atom. The van der Waals surface area contributed by atoms with Crippen LogP contribution in [0.25, 0.3) is 0 Å². The van der Waals surface area contributed by atoms with E-state index in [1.54, 1.807) is 0 Å². The van der Waals surface area contributed by atoms with Crippen LogP contribution in [-0.2, 0) is 28.6 Å². The van der Waals surface area contributed by atoms with Crippen LogP contribution in [0.1, 0.15) is 290 Å². The second-order valence-electron chi connectivity index (χ2n) is 20.9. The summed E-state index contributed by atoms with van der Waals surface area (Å²) in [7, 11) is 0. The molecule has 0 radical (unpaired) electrons. The largest absolute Gasteiger partial charge is 0.462 e. The molecule has 438 valence electrons. The molecule has 77 heavy (non-hydrogen) atoms. The normalized spacial score (nSPS) is 12.9. The summed E-state index contributed by atoms with van der Waals surface area (Å²) in [6.07, 6.45) is 89.1. The minimum Gasteiger partial charge on any atom is -0.462 e. The van der Waals surface area contributed by atoms with Crippen LogP contribution in [0.2, 0.25) is 0 Å². The van der Waals surface area contributed by atoms with Crippen LogP contribution in [0.15, 0.2) is 122 Å². The van der Waals surface area contributed by atoms with E-state index in [-0.39, 0.29) is 37.5 Å². The van der Waals surface area contributed by atoms with Gasteiger partial charge in [-0.1, -0.05) is 264 Å². The van der Waals surface area contributed by atoms with E-state index in [1.807, 2.05) is 0 Å². The third-order valence-electron chi connectivity index (χ3n) is 13.4. The van der Waals surface area contributed by atoms with Gasteiger partial charge in [0, 0.05) is 19.3 Å². The van der Waals surface area contributed by atoms with Crippen molar-refractivity contribution in [2.45, 2.75) is 297 Å². The molecule has 0 aromatic carbocycles. The maximum atomic E-state index is 12.9. The summed E-state index contributed by atoms with van der Waals surface area (Å²) in [4.78, 5) is 38.3. The molecule has 0 N–H and O–H groups in total. The number of hydrogen-bond donors (Lipinski definition) is 0. The van der Waals surface area contributed by atoms with E-state index in [1.165, 1.54) is 141 Å². The predicted molar refractivity (Wildman–Crippen MR) is 334 cm³/mol. The van der Waals surface area contributed by atoms with Gasteiger partial charge >= 0.3 is 17.9 Å². The molecule has 0 bridgehead atoms. The molecule has 0 aliphatic heterocycles. The predicted octanol–water partition coefficient (Wildman–Crippen LogP) is 22.0. The minimum absolute atomic E-state index is 0.104. The van der Waals surface area contributed by atoms with Gasteiger partial charge in [-0.15, -0.1) is 0 Å². The highest BCUT2D eigenvalue weighted by atomic mass is 16.6. The maximum absolute atomic E-state index is 12.9. The molecule has 0 spiro atoms. The first-order valence-electron chi connectivity index (χ1n) is 32.0. The number of unbranched alkanes of at least 4 members (excludes halogenated alkanes) is 26. The first kappa shape index (κ1) is 72.8. The highest BCUT2D eigenvalue weighted by Crippen LogP contribution is 2.15. The summed E-state index contributed by atoms with van der Waals surface area (Å²) in [6.45, 7) is 6.45. The van der Waals surface area contributed by atoms with Gasteiger partial charge in [0.15, 0.2) is 6.10 Å². The Bertz CT molecular complexity index is 1600. The van der Waals surface area contributed by atoms with Crippen molar-refractivity contribution in [2.75, 3.05) is 13.2 Å². The summed E-state index contributed by atoms with van der Waals surface area (Å²) < 4.78 is 16.9. The van der Waals surface area contributed by atoms with Gasteiger partial charge in [0.05, 0.1) is 0 Å². The van der Waals surface area contributed by atoms with Gasteiger partial charge in [0.2, 0.25) is 0 Å². The van der Waals surface area contributed by atoms with Crippen molar-refractivity contribution >= 4 is 17.9 Å². The molecule has 0 fully saturated rings. The molecule has 0 aliphatic carbocycles. The van der Waals surface area contributed by atoms with Crippen LogP contribution in [0.5, 0.6) is 0 Å². The Balaban J connectivity index is 4.47. The van der Waals surface area contributed by atoms with E-state index in [2.05, 4.69) is 142 Å². The molecule has 6 nitrogen and oxygen atoms in total. The van der Waals surface area contributed by atoms with Gasteiger partial charge in [-0.3, -0.25) is 14.4 Å². The van der Waals surface area contributed by atoms with Crippen molar-refractivity contribution in [3.05, 3.63) is 122 Å². The number of allylic oxidation sites excluding steroid dienone is 20. The van der Waals surface area contributed by atoms with Crippen molar-refractivity contribution < 1.29 is 28.6 Å². The van der Waals surface area contributed by atoms with Crippen LogP contribution in [-0.4, -0.2) is 37.2 Å². The SMILES string of the molecule is CC/C=C\C/C=C\C/C=C\C/C=C\C/C=C\CCCC(=O)OCC(COC(=O)CCCCCCCCCC/C=C\C/C=C\C/C=C\CCCCCCC)OC(=O)CCCCCCCCCCC/C=C\C/C=C\CCCCC. The first-order chi connectivity index (χ1) is 38.0. The van der Waals surface area contributed by atoms with Gasteiger partial charge in [0.25, 0.3) is 0 Å². The fourth-order valence-corrected chi connectivity index (χ4v) is 8.63. The summed E-state index contributed by atoms with van der Waals surface area (Å²) in [5, 5.41) is 0. The molecule has 0 aromatic rings. The Kier molecular flexibility index (Phi) is 60.8. The number of hydrogen-bond acceptors (Lipinski definition) is 6. The van der Waals surface area contributed by atoms with Crippen LogP contribution in [0.3, 0.4) is 0 Å². The number of carbonyl (C=O) groups is 3. The Morgan fingerprint density at radius 2 is 0.519 bits per heavy atom. The second-order valence-corrected chi connectivity index (χ2v) is 20.9. The van der Waals surface area contributed by atoms with Gasteiger partial charge in [-0.05, 0) is 128 Å². The highest BCUT2D eigenvalue weighted by Gasteiger charge is 2.19. The van der Waals surface area contributed by atoms with Gasteiger partial charge in [-0.25, -0.2) is 0 Å². The Morgan fingerprint density at radius 3 is 0.870 bits per heavy atom. The first-order valence-corrected chi connectivity index (χ1v) is 32.0. The zero-order valence-electron chi connectivity index (χ0n) is 50.2. The average Bonchev–Trinajstić information content (AvgIpc) is 3.43. The molecule has 0 amide bonds. The Labute approximate surface area is 475 Å². The maximum Gasteiger partial charge on any atom is 0.306 e. The fraction of sp³-hybridized carbons (Fsp3) is 0.676. The topological polar surface area (TPSA) is 78.9 Å². The minimum atomic E-state index is -0.812. The quantitative estimate of drug-likeness (QED) is 0.0261. The molecule has 0 aliphatic rings. The third kappa shape index (κ3) is 62.5.